The van der Waals surface area contributed by atoms with Crippen LogP contribution in [-0.4, -0.2) is 39.0 Å². The zero-order valence-corrected chi connectivity index (χ0v) is 16.8. The summed E-state index contributed by atoms with van der Waals surface area (Å²) >= 11 is 0. The predicted molar refractivity (Wildman–Crippen MR) is 107 cm³/mol. The van der Waals surface area contributed by atoms with Crippen molar-refractivity contribution in [1.29, 1.82) is 0 Å². The SMILES string of the molecule is CCOc1ccc(S(=O)(=O)N2CC=C(c3ccc(F)cc3)CC2)cc1OCC. The van der Waals surface area contributed by atoms with Gasteiger partial charge in [-0.05, 0) is 55.7 Å². The highest BCUT2D eigenvalue weighted by Gasteiger charge is 2.27. The molecule has 0 aliphatic carbocycles. The minimum Gasteiger partial charge on any atom is -0.490 e. The number of rotatable bonds is 7. The maximum Gasteiger partial charge on any atom is 0.243 e. The van der Waals surface area contributed by atoms with Crippen molar-refractivity contribution in [3.05, 3.63) is 59.9 Å². The quantitative estimate of drug-likeness (QED) is 0.696. The van der Waals surface area contributed by atoms with Crippen molar-refractivity contribution < 1.29 is 22.3 Å². The topological polar surface area (TPSA) is 55.8 Å². The monoisotopic (exact) mass is 405 g/mol. The van der Waals surface area contributed by atoms with Crippen molar-refractivity contribution in [2.45, 2.75) is 25.2 Å². The minimum absolute atomic E-state index is 0.179. The van der Waals surface area contributed by atoms with E-state index in [-0.39, 0.29) is 17.3 Å². The molecule has 2 aromatic carbocycles. The van der Waals surface area contributed by atoms with Gasteiger partial charge in [0.1, 0.15) is 5.82 Å². The van der Waals surface area contributed by atoms with Crippen LogP contribution in [0, 0.1) is 5.82 Å². The van der Waals surface area contributed by atoms with Crippen LogP contribution in [-0.2, 0) is 10.0 Å². The lowest BCUT2D eigenvalue weighted by atomic mass is 10.0. The van der Waals surface area contributed by atoms with Gasteiger partial charge < -0.3 is 9.47 Å². The van der Waals surface area contributed by atoms with E-state index in [1.807, 2.05) is 19.9 Å². The summed E-state index contributed by atoms with van der Waals surface area (Å²) in [5.41, 5.74) is 1.94. The Labute approximate surface area is 165 Å². The molecule has 0 aromatic heterocycles. The number of hydrogen-bond donors (Lipinski definition) is 0. The molecule has 0 amide bonds. The number of benzene rings is 2. The van der Waals surface area contributed by atoms with Gasteiger partial charge in [0.25, 0.3) is 0 Å². The normalized spacial score (nSPS) is 15.2. The molecule has 1 heterocycles. The number of hydrogen-bond acceptors (Lipinski definition) is 4. The molecule has 7 heteroatoms. The molecule has 1 aliphatic rings. The van der Waals surface area contributed by atoms with Gasteiger partial charge in [0.05, 0.1) is 18.1 Å². The van der Waals surface area contributed by atoms with Crippen LogP contribution in [0.25, 0.3) is 5.57 Å². The van der Waals surface area contributed by atoms with Crippen molar-refractivity contribution in [3.8, 4) is 11.5 Å². The van der Waals surface area contributed by atoms with Crippen LogP contribution in [0.15, 0.2) is 53.4 Å². The lowest BCUT2D eigenvalue weighted by molar-refractivity contribution is 0.287. The fourth-order valence-corrected chi connectivity index (χ4v) is 4.53. The second-order valence-corrected chi connectivity index (χ2v) is 8.26. The molecule has 0 fully saturated rings. The summed E-state index contributed by atoms with van der Waals surface area (Å²) in [5, 5.41) is 0. The molecule has 1 aliphatic heterocycles. The van der Waals surface area contributed by atoms with Crippen LogP contribution in [0.4, 0.5) is 4.39 Å². The van der Waals surface area contributed by atoms with E-state index in [0.29, 0.717) is 37.7 Å². The van der Waals surface area contributed by atoms with Crippen LogP contribution < -0.4 is 9.47 Å². The van der Waals surface area contributed by atoms with Crippen LogP contribution in [0.3, 0.4) is 0 Å². The summed E-state index contributed by atoms with van der Waals surface area (Å²) in [6.45, 7) is 5.21. The molecule has 0 saturated heterocycles. The molecule has 3 rings (SSSR count). The van der Waals surface area contributed by atoms with Crippen LogP contribution in [0.2, 0.25) is 0 Å². The summed E-state index contributed by atoms with van der Waals surface area (Å²) in [6.07, 6.45) is 2.45. The fraction of sp³-hybridized carbons (Fsp3) is 0.333. The van der Waals surface area contributed by atoms with Gasteiger partial charge in [-0.25, -0.2) is 12.8 Å². The molecular weight excluding hydrogens is 381 g/mol. The smallest absolute Gasteiger partial charge is 0.243 e. The molecule has 0 radical (unpaired) electrons. The van der Waals surface area contributed by atoms with Crippen LogP contribution >= 0.6 is 0 Å². The Balaban J connectivity index is 1.82. The lowest BCUT2D eigenvalue weighted by Gasteiger charge is -2.26. The van der Waals surface area contributed by atoms with Crippen molar-refractivity contribution in [2.75, 3.05) is 26.3 Å². The Kier molecular flexibility index (Phi) is 6.36. The summed E-state index contributed by atoms with van der Waals surface area (Å²) in [7, 11) is -3.65. The molecule has 0 spiro atoms. The number of sulfonamides is 1. The van der Waals surface area contributed by atoms with E-state index in [1.165, 1.54) is 22.5 Å². The molecule has 0 saturated carbocycles. The standard InChI is InChI=1S/C21H24FNO4S/c1-3-26-20-10-9-19(15-21(20)27-4-2)28(24,25)23-13-11-17(12-14-23)16-5-7-18(22)8-6-16/h5-11,15H,3-4,12-14H2,1-2H3. The molecule has 28 heavy (non-hydrogen) atoms. The van der Waals surface area contributed by atoms with E-state index in [0.717, 1.165) is 11.1 Å². The average molecular weight is 405 g/mol. The third-order valence-corrected chi connectivity index (χ3v) is 6.40. The van der Waals surface area contributed by atoms with Crippen LogP contribution in [0.5, 0.6) is 11.5 Å². The van der Waals surface area contributed by atoms with E-state index in [2.05, 4.69) is 0 Å². The van der Waals surface area contributed by atoms with Crippen molar-refractivity contribution >= 4 is 15.6 Å². The summed E-state index contributed by atoms with van der Waals surface area (Å²) in [4.78, 5) is 0.179. The molecule has 0 N–H and O–H groups in total. The first-order valence-electron chi connectivity index (χ1n) is 9.30. The second-order valence-electron chi connectivity index (χ2n) is 6.32. The summed E-state index contributed by atoms with van der Waals surface area (Å²) in [5.74, 6) is 0.662. The maximum absolute atomic E-state index is 13.1. The Morgan fingerprint density at radius 1 is 1.00 bits per heavy atom. The Hall–Kier alpha value is -2.38. The number of nitrogens with zero attached hydrogens (tertiary/aromatic N) is 1. The molecule has 0 atom stereocenters. The zero-order chi connectivity index (χ0) is 20.1. The van der Waals surface area contributed by atoms with Crippen molar-refractivity contribution in [2.24, 2.45) is 0 Å². The minimum atomic E-state index is -3.65. The van der Waals surface area contributed by atoms with Gasteiger partial charge in [-0.2, -0.15) is 4.31 Å². The predicted octanol–water partition coefficient (Wildman–Crippen LogP) is 4.10. The first kappa shape index (κ1) is 20.4. The van der Waals surface area contributed by atoms with Gasteiger partial charge in [-0.1, -0.05) is 18.2 Å². The zero-order valence-electron chi connectivity index (χ0n) is 16.0. The van der Waals surface area contributed by atoms with Gasteiger partial charge in [0.15, 0.2) is 11.5 Å². The van der Waals surface area contributed by atoms with Crippen molar-refractivity contribution in [1.82, 2.24) is 4.31 Å². The maximum atomic E-state index is 13.1. The van der Waals surface area contributed by atoms with Crippen molar-refractivity contribution in [3.63, 3.8) is 0 Å². The number of ether oxygens (including phenoxy) is 2. The van der Waals surface area contributed by atoms with Gasteiger partial charge in [-0.15, -0.1) is 0 Å². The van der Waals surface area contributed by atoms with E-state index in [4.69, 9.17) is 9.47 Å². The Morgan fingerprint density at radius 2 is 1.68 bits per heavy atom. The largest absolute Gasteiger partial charge is 0.490 e. The van der Waals surface area contributed by atoms with Gasteiger partial charge in [-0.3, -0.25) is 0 Å². The van der Waals surface area contributed by atoms with Gasteiger partial charge in [0, 0.05) is 19.2 Å². The summed E-state index contributed by atoms with van der Waals surface area (Å²) < 4.78 is 51.7. The van der Waals surface area contributed by atoms with E-state index in [1.54, 1.807) is 24.3 Å². The fourth-order valence-electron chi connectivity index (χ4n) is 3.14. The van der Waals surface area contributed by atoms with E-state index in [9.17, 15) is 12.8 Å². The molecule has 0 unspecified atom stereocenters. The van der Waals surface area contributed by atoms with E-state index < -0.39 is 10.0 Å². The molecule has 2 aromatic rings. The highest BCUT2D eigenvalue weighted by Crippen LogP contribution is 2.32. The second kappa shape index (κ2) is 8.75. The Morgan fingerprint density at radius 3 is 2.29 bits per heavy atom. The summed E-state index contributed by atoms with van der Waals surface area (Å²) in [6, 6.07) is 10.9. The highest BCUT2D eigenvalue weighted by atomic mass is 32.2. The van der Waals surface area contributed by atoms with E-state index >= 15 is 0 Å². The lowest BCUT2D eigenvalue weighted by Crippen LogP contribution is -2.34. The van der Waals surface area contributed by atoms with Crippen LogP contribution in [0.1, 0.15) is 25.8 Å². The average Bonchev–Trinajstić information content (AvgIpc) is 2.70. The Bertz CT molecular complexity index is 955. The van der Waals surface area contributed by atoms with Gasteiger partial charge >= 0.3 is 0 Å². The number of halogens is 1. The highest BCUT2D eigenvalue weighted by molar-refractivity contribution is 7.89. The first-order chi connectivity index (χ1) is 13.5. The van der Waals surface area contributed by atoms with Gasteiger partial charge in [0.2, 0.25) is 10.0 Å². The molecule has 5 nitrogen and oxygen atoms in total. The first-order valence-corrected chi connectivity index (χ1v) is 10.7. The molecule has 0 bridgehead atoms. The third-order valence-electron chi connectivity index (χ3n) is 4.54. The molecule has 150 valence electrons. The molecular formula is C21H24FNO4S. The third kappa shape index (κ3) is 4.36.